The van der Waals surface area contributed by atoms with Gasteiger partial charge in [0.15, 0.2) is 44.8 Å². The summed E-state index contributed by atoms with van der Waals surface area (Å²) in [6.07, 6.45) is 10.7. The van der Waals surface area contributed by atoms with Gasteiger partial charge in [0.25, 0.3) is 0 Å². The number of fused-ring (bicyclic) bond motifs is 5. The van der Waals surface area contributed by atoms with Gasteiger partial charge in [0.2, 0.25) is 9.79 Å². The number of para-hydroxylation sites is 2. The molecule has 4 bridgehead atoms. The molecule has 10 unspecified atom stereocenters. The number of aromatic hydroxyl groups is 1. The van der Waals surface area contributed by atoms with Crippen LogP contribution in [0.2, 0.25) is 0 Å². The topological polar surface area (TPSA) is 237 Å². The number of hydrogen-bond acceptors (Lipinski definition) is 17. The Labute approximate surface area is 631 Å². The number of ether oxygens (including phenoxy) is 8. The average molecular weight is 1510 g/mol. The molecule has 4 aliphatic heterocycles. The summed E-state index contributed by atoms with van der Waals surface area (Å²) >= 11 is 0. The maximum atomic E-state index is 13.0. The molecular formula is C85H116F2O17S2. The molecule has 17 nitrogen and oxygen atoms in total. The minimum atomic E-state index is -5.86. The van der Waals surface area contributed by atoms with Crippen LogP contribution in [0.25, 0.3) is 0 Å². The molecule has 10 atom stereocenters. The van der Waals surface area contributed by atoms with E-state index < -0.39 is 55.9 Å². The Balaban J connectivity index is 0.000000178. The van der Waals surface area contributed by atoms with E-state index in [1.165, 1.54) is 91.2 Å². The van der Waals surface area contributed by atoms with Crippen LogP contribution in [0.3, 0.4) is 0 Å². The molecule has 584 valence electrons. The van der Waals surface area contributed by atoms with Crippen LogP contribution in [0.1, 0.15) is 233 Å². The van der Waals surface area contributed by atoms with Crippen molar-refractivity contribution in [1.82, 2.24) is 0 Å². The van der Waals surface area contributed by atoms with Gasteiger partial charge in [-0.1, -0.05) is 117 Å². The number of hydrogen-bond donors (Lipinski definition) is 1. The van der Waals surface area contributed by atoms with E-state index in [2.05, 4.69) is 125 Å². The lowest BCUT2D eigenvalue weighted by Crippen LogP contribution is -2.47. The van der Waals surface area contributed by atoms with Crippen LogP contribution in [0, 0.1) is 44.8 Å². The van der Waals surface area contributed by atoms with Gasteiger partial charge in [-0.15, -0.1) is 0 Å². The molecule has 7 aliphatic rings. The van der Waals surface area contributed by atoms with Crippen molar-refractivity contribution in [2.24, 2.45) is 44.8 Å². The summed E-state index contributed by atoms with van der Waals surface area (Å²) in [7, 11) is -5.94. The minimum absolute atomic E-state index is 0.0307. The monoisotopic (exact) mass is 1510 g/mol. The van der Waals surface area contributed by atoms with Gasteiger partial charge in [0.1, 0.15) is 45.4 Å². The number of phenolic OH excluding ortho intramolecular Hbond substituents is 1. The zero-order valence-electron chi connectivity index (χ0n) is 65.8. The van der Waals surface area contributed by atoms with E-state index in [1.54, 1.807) is 19.1 Å². The highest BCUT2D eigenvalue weighted by atomic mass is 32.2. The SMILES string of the molecule is CCC(C)(C)C(=O)OC(C)C(F)(F)S(=O)(=O)[O-].CCC(C)(C)C(=O)OC1(C(C)(C)C)CCCC1.CCC(C)(C)C(=O)OC1C2CC3C(=O)OC1C3O2.CCC(C)(C)C(=O)Oc1ccc(O)cc1.CCC(C)c1cccc(OC2(C)CC3CCC2C3)c1.c1ccc([S+]2c3ccccc3Oc3ccccc32)cc1. The van der Waals surface area contributed by atoms with Crippen LogP contribution in [0.15, 0.2) is 142 Å². The molecule has 0 radical (unpaired) electrons. The molecule has 21 heteroatoms. The van der Waals surface area contributed by atoms with Crippen LogP contribution in [-0.2, 0) is 68.7 Å². The first-order valence-corrected chi connectivity index (χ1v) is 40.4. The number of halogens is 2. The molecular weight excluding hydrogens is 1400 g/mol. The van der Waals surface area contributed by atoms with Crippen molar-refractivity contribution in [3.05, 3.63) is 133 Å². The molecule has 0 amide bonds. The molecule has 6 fully saturated rings. The average Bonchev–Trinajstić information content (AvgIpc) is 1.56. The molecule has 3 saturated carbocycles. The Kier molecular flexibility index (Phi) is 28.5. The number of benzene rings is 5. The Morgan fingerprint density at radius 2 is 1.18 bits per heavy atom. The second-order valence-corrected chi connectivity index (χ2v) is 36.4. The third-order valence-corrected chi connectivity index (χ3v) is 26.1. The van der Waals surface area contributed by atoms with Gasteiger partial charge in [-0.3, -0.25) is 24.0 Å². The summed E-state index contributed by atoms with van der Waals surface area (Å²) in [5.41, 5.74) is -1.07. The predicted octanol–water partition coefficient (Wildman–Crippen LogP) is 19.6. The molecule has 1 N–H and O–H groups in total. The Morgan fingerprint density at radius 3 is 1.69 bits per heavy atom. The highest BCUT2D eigenvalue weighted by Crippen LogP contribution is 2.54. The molecule has 4 heterocycles. The molecule has 106 heavy (non-hydrogen) atoms. The van der Waals surface area contributed by atoms with E-state index in [0.717, 1.165) is 54.8 Å². The molecule has 3 aliphatic carbocycles. The van der Waals surface area contributed by atoms with Gasteiger partial charge in [-0.05, 0) is 255 Å². The lowest BCUT2D eigenvalue weighted by atomic mass is 9.74. The van der Waals surface area contributed by atoms with Crippen LogP contribution in [0.4, 0.5) is 8.78 Å². The fourth-order valence-corrected chi connectivity index (χ4v) is 16.1. The fraction of sp³-hybridized carbons (Fsp3) is 0.588. The number of phenols is 1. The van der Waals surface area contributed by atoms with Gasteiger partial charge >= 0.3 is 35.1 Å². The number of carbonyl (C=O) groups is 5. The standard InChI is InChI=1S/C18H13OS.C18H26O.C15H28O2.C13H18O5.C12H16O3.C9H16F2O5S/c1-2-8-14(9-3-1)20-17-12-6-4-10-15(17)19-16-11-5-7-13-18(16)20;1-4-13(2)15-6-5-7-17(11-15)19-18(3)12-14-8-9-16(18)10-14;1-7-14(5,6)12(16)17-15(13(2,3)4)10-8-9-11-15;1-4-13(2,3)12(15)18-9-7-5-6-8(16-7)10(9)17-11(6)14;1-4-12(2,3)11(14)15-10-7-5-9(13)6-8-10;1-5-8(3,4)7(12)16-6(2)9(10,11)17(13,14)15/h1-13H;5-7,11,13-14,16H,4,8-10,12H2,1-3H3;7-11H2,1-6H3;6-10H,4-5H2,1-3H3;5-8,13H,4H2,1-3H3;6H,5H2,1-4H3,(H,13,14,15)/q+1;;;;;/p-1. The van der Waals surface area contributed by atoms with Crippen molar-refractivity contribution < 1.29 is 88.7 Å². The molecule has 0 spiro atoms. The normalized spacial score (nSPS) is 23.0. The third-order valence-electron chi connectivity index (χ3n) is 22.8. The first-order chi connectivity index (χ1) is 49.4. The summed E-state index contributed by atoms with van der Waals surface area (Å²) < 4.78 is 101. The van der Waals surface area contributed by atoms with E-state index in [1.807, 2.05) is 86.6 Å². The Hall–Kier alpha value is -7.07. The van der Waals surface area contributed by atoms with Crippen molar-refractivity contribution >= 4 is 50.9 Å². The predicted molar refractivity (Wildman–Crippen MR) is 405 cm³/mol. The van der Waals surface area contributed by atoms with E-state index in [-0.39, 0.29) is 80.7 Å². The summed E-state index contributed by atoms with van der Waals surface area (Å²) in [6.45, 7) is 35.9. The summed E-state index contributed by atoms with van der Waals surface area (Å²) in [5, 5.41) is 4.42. The highest BCUT2D eigenvalue weighted by molar-refractivity contribution is 7.97. The fourth-order valence-electron chi connectivity index (χ4n) is 13.4. The molecule has 0 aromatic heterocycles. The van der Waals surface area contributed by atoms with Gasteiger partial charge in [0.05, 0.1) is 33.7 Å². The molecule has 3 saturated heterocycles. The van der Waals surface area contributed by atoms with E-state index >= 15 is 0 Å². The van der Waals surface area contributed by atoms with Crippen molar-refractivity contribution in [2.45, 2.75) is 289 Å². The van der Waals surface area contributed by atoms with Crippen LogP contribution >= 0.6 is 0 Å². The van der Waals surface area contributed by atoms with E-state index in [4.69, 9.17) is 38.3 Å². The second-order valence-electron chi connectivity index (χ2n) is 33.0. The first-order valence-electron chi connectivity index (χ1n) is 37.7. The third kappa shape index (κ3) is 20.6. The maximum absolute atomic E-state index is 13.0. The number of rotatable bonds is 19. The van der Waals surface area contributed by atoms with Gasteiger partial charge < -0.3 is 47.6 Å². The van der Waals surface area contributed by atoms with Crippen LogP contribution in [0.5, 0.6) is 28.7 Å². The number of esters is 5. The molecule has 5 aromatic rings. The minimum Gasteiger partial charge on any atom is -0.743 e. The zero-order valence-corrected chi connectivity index (χ0v) is 67.4. The summed E-state index contributed by atoms with van der Waals surface area (Å²) in [5.74, 6) is 4.10. The Morgan fingerprint density at radius 1 is 0.651 bits per heavy atom. The van der Waals surface area contributed by atoms with E-state index in [9.17, 15) is 45.7 Å². The smallest absolute Gasteiger partial charge is 0.369 e. The van der Waals surface area contributed by atoms with Crippen molar-refractivity contribution in [1.29, 1.82) is 0 Å². The second kappa shape index (κ2) is 35.1. The first kappa shape index (κ1) is 86.2. The highest BCUT2D eigenvalue weighted by Gasteiger charge is 2.65. The van der Waals surface area contributed by atoms with Crippen LogP contribution < -0.4 is 14.2 Å². The van der Waals surface area contributed by atoms with Crippen molar-refractivity contribution in [3.63, 3.8) is 0 Å². The van der Waals surface area contributed by atoms with Gasteiger partial charge in [-0.25, -0.2) is 8.42 Å². The number of alkyl halides is 2. The van der Waals surface area contributed by atoms with Crippen molar-refractivity contribution in [2.75, 3.05) is 0 Å². The summed E-state index contributed by atoms with van der Waals surface area (Å²) in [4.78, 5) is 62.8. The zero-order chi connectivity index (χ0) is 78.8. The molecule has 5 aromatic carbocycles. The van der Waals surface area contributed by atoms with E-state index in [0.29, 0.717) is 37.9 Å². The van der Waals surface area contributed by atoms with Gasteiger partial charge in [-0.2, -0.15) is 8.78 Å². The van der Waals surface area contributed by atoms with Gasteiger partial charge in [0, 0.05) is 5.41 Å². The lowest BCUT2D eigenvalue weighted by Gasteiger charge is -2.42. The summed E-state index contributed by atoms with van der Waals surface area (Å²) in [6, 6.07) is 42.2. The molecule has 12 rings (SSSR count). The van der Waals surface area contributed by atoms with Crippen LogP contribution in [-0.4, -0.2) is 94.9 Å². The maximum Gasteiger partial charge on any atom is 0.369 e. The number of carbonyl (C=O) groups excluding carboxylic acids is 5. The quantitative estimate of drug-likeness (QED) is 0.0261. The largest absolute Gasteiger partial charge is 0.743 e. The lowest BCUT2D eigenvalue weighted by molar-refractivity contribution is -0.183. The Bertz CT molecular complexity index is 3850. The van der Waals surface area contributed by atoms with Crippen molar-refractivity contribution in [3.8, 4) is 28.7 Å².